The Kier molecular flexibility index (Phi) is 7.00. The number of hydrogen-bond donors (Lipinski definition) is 0. The van der Waals surface area contributed by atoms with Crippen LogP contribution in [0.5, 0.6) is 0 Å². The maximum atomic E-state index is 2.47. The summed E-state index contributed by atoms with van der Waals surface area (Å²) < 4.78 is 0. The lowest BCUT2D eigenvalue weighted by Crippen LogP contribution is -2.14. The van der Waals surface area contributed by atoms with Crippen LogP contribution in [0.1, 0.15) is 25.0 Å². The van der Waals surface area contributed by atoms with Crippen molar-refractivity contribution in [2.24, 2.45) is 0 Å². The van der Waals surface area contributed by atoms with Gasteiger partial charge in [-0.05, 0) is 128 Å². The molecular formula is C55H38. The van der Waals surface area contributed by atoms with Crippen LogP contribution in [0.25, 0.3) is 98.7 Å². The van der Waals surface area contributed by atoms with E-state index in [4.69, 9.17) is 0 Å². The normalized spacial score (nSPS) is 13.1. The van der Waals surface area contributed by atoms with Crippen molar-refractivity contribution in [3.63, 3.8) is 0 Å². The van der Waals surface area contributed by atoms with Crippen molar-refractivity contribution in [1.82, 2.24) is 0 Å². The fourth-order valence-corrected chi connectivity index (χ4v) is 9.62. The van der Waals surface area contributed by atoms with Crippen molar-refractivity contribution in [2.75, 3.05) is 0 Å². The molecule has 258 valence electrons. The molecule has 0 amide bonds. The van der Waals surface area contributed by atoms with Crippen molar-refractivity contribution >= 4 is 43.1 Å². The molecule has 0 aromatic heterocycles. The van der Waals surface area contributed by atoms with Gasteiger partial charge in [-0.3, -0.25) is 0 Å². The summed E-state index contributed by atoms with van der Waals surface area (Å²) in [6.45, 7) is 4.74. The molecule has 0 N–H and O–H groups in total. The Morgan fingerprint density at radius 2 is 0.764 bits per heavy atom. The first kappa shape index (κ1) is 31.7. The van der Waals surface area contributed by atoms with E-state index in [9.17, 15) is 0 Å². The average molecular weight is 699 g/mol. The van der Waals surface area contributed by atoms with E-state index in [1.807, 2.05) is 0 Å². The van der Waals surface area contributed by atoms with E-state index in [0.717, 1.165) is 0 Å². The molecule has 0 atom stereocenters. The molecule has 0 aliphatic heterocycles. The van der Waals surface area contributed by atoms with Crippen molar-refractivity contribution in [2.45, 2.75) is 19.3 Å². The van der Waals surface area contributed by atoms with Crippen LogP contribution >= 0.6 is 0 Å². The predicted octanol–water partition coefficient (Wildman–Crippen LogP) is 15.3. The second-order valence-corrected chi connectivity index (χ2v) is 15.6. The van der Waals surface area contributed by atoms with Crippen LogP contribution < -0.4 is 0 Å². The molecule has 0 fully saturated rings. The van der Waals surface area contributed by atoms with Gasteiger partial charge in [0.2, 0.25) is 0 Å². The number of fused-ring (bicyclic) bond motifs is 7. The SMILES string of the molecule is CC1(C)c2ccccc2-c2ccc(-c3c(-c4cccc(-c5c6ccccc6c(-c6ccc7ccccc7c6)c6ccccc56)c4)ccc4ccccc34)cc21. The van der Waals surface area contributed by atoms with Crippen molar-refractivity contribution < 1.29 is 0 Å². The van der Waals surface area contributed by atoms with E-state index < -0.39 is 0 Å². The predicted molar refractivity (Wildman–Crippen MR) is 236 cm³/mol. The third-order valence-corrected chi connectivity index (χ3v) is 12.2. The zero-order chi connectivity index (χ0) is 36.7. The minimum atomic E-state index is -0.0757. The third kappa shape index (κ3) is 4.85. The zero-order valence-electron chi connectivity index (χ0n) is 31.0. The van der Waals surface area contributed by atoms with Gasteiger partial charge in [0.1, 0.15) is 0 Å². The van der Waals surface area contributed by atoms with Crippen LogP contribution in [0, 0.1) is 0 Å². The monoisotopic (exact) mass is 698 g/mol. The third-order valence-electron chi connectivity index (χ3n) is 12.2. The van der Waals surface area contributed by atoms with Crippen LogP contribution in [0.15, 0.2) is 194 Å². The topological polar surface area (TPSA) is 0 Å². The molecular weight excluding hydrogens is 661 g/mol. The standard InChI is InChI=1S/C55H38/c1-55(2)50-25-12-11-20-44(50)45-31-29-41(34-51(45)55)52-42-19-6-5-15-36(42)28-30-43(52)38-17-13-18-39(33-38)53-46-21-7-9-23-48(46)54(49-24-10-8-22-47(49)53)40-27-26-35-14-3-4-16-37(35)32-40/h3-34H,1-2H3. The quantitative estimate of drug-likeness (QED) is 0.161. The van der Waals surface area contributed by atoms with Crippen LogP contribution in [0.4, 0.5) is 0 Å². The fraction of sp³-hybridized carbons (Fsp3) is 0.0545. The Hall–Kier alpha value is -6.76. The highest BCUT2D eigenvalue weighted by Gasteiger charge is 2.35. The molecule has 10 aromatic carbocycles. The summed E-state index contributed by atoms with van der Waals surface area (Å²) in [4.78, 5) is 0. The molecule has 10 aromatic rings. The summed E-state index contributed by atoms with van der Waals surface area (Å²) >= 11 is 0. The summed E-state index contributed by atoms with van der Waals surface area (Å²) in [5.41, 5.74) is 15.4. The summed E-state index contributed by atoms with van der Waals surface area (Å²) in [7, 11) is 0. The molecule has 0 nitrogen and oxygen atoms in total. The van der Waals surface area contributed by atoms with Crippen LogP contribution in [-0.4, -0.2) is 0 Å². The molecule has 0 saturated heterocycles. The maximum absolute atomic E-state index is 2.47. The second kappa shape index (κ2) is 12.1. The van der Waals surface area contributed by atoms with Gasteiger partial charge in [0.25, 0.3) is 0 Å². The summed E-state index contributed by atoms with van der Waals surface area (Å²) in [6.07, 6.45) is 0. The molecule has 0 bridgehead atoms. The molecule has 0 saturated carbocycles. The number of benzene rings is 10. The largest absolute Gasteiger partial charge is 0.0619 e. The van der Waals surface area contributed by atoms with Crippen LogP contribution in [0.2, 0.25) is 0 Å². The van der Waals surface area contributed by atoms with Gasteiger partial charge in [0.05, 0.1) is 0 Å². The summed E-state index contributed by atoms with van der Waals surface area (Å²) in [5, 5.41) is 10.1. The van der Waals surface area contributed by atoms with Gasteiger partial charge in [-0.15, -0.1) is 0 Å². The van der Waals surface area contributed by atoms with E-state index in [2.05, 4.69) is 208 Å². The first-order valence-corrected chi connectivity index (χ1v) is 19.3. The molecule has 0 unspecified atom stereocenters. The van der Waals surface area contributed by atoms with Crippen LogP contribution in [0.3, 0.4) is 0 Å². The Labute approximate surface area is 322 Å². The average Bonchev–Trinajstić information content (AvgIpc) is 3.47. The first-order valence-electron chi connectivity index (χ1n) is 19.3. The summed E-state index contributed by atoms with van der Waals surface area (Å²) in [6, 6.07) is 72.3. The highest BCUT2D eigenvalue weighted by atomic mass is 14.4. The highest BCUT2D eigenvalue weighted by Crippen LogP contribution is 2.51. The molecule has 0 spiro atoms. The Bertz CT molecular complexity index is 3120. The molecule has 1 aliphatic rings. The fourth-order valence-electron chi connectivity index (χ4n) is 9.62. The Morgan fingerprint density at radius 3 is 1.49 bits per heavy atom. The van der Waals surface area contributed by atoms with Crippen molar-refractivity contribution in [1.29, 1.82) is 0 Å². The van der Waals surface area contributed by atoms with Gasteiger partial charge >= 0.3 is 0 Å². The lowest BCUT2D eigenvalue weighted by Gasteiger charge is -2.23. The highest BCUT2D eigenvalue weighted by molar-refractivity contribution is 6.22. The molecule has 0 heteroatoms. The Balaban J connectivity index is 1.13. The van der Waals surface area contributed by atoms with E-state index >= 15 is 0 Å². The lowest BCUT2D eigenvalue weighted by atomic mass is 9.80. The molecule has 0 radical (unpaired) electrons. The van der Waals surface area contributed by atoms with Gasteiger partial charge < -0.3 is 0 Å². The van der Waals surface area contributed by atoms with Gasteiger partial charge in [-0.25, -0.2) is 0 Å². The van der Waals surface area contributed by atoms with Gasteiger partial charge in [0, 0.05) is 5.41 Å². The zero-order valence-corrected chi connectivity index (χ0v) is 31.0. The van der Waals surface area contributed by atoms with E-state index in [1.54, 1.807) is 0 Å². The molecule has 1 aliphatic carbocycles. The maximum Gasteiger partial charge on any atom is 0.0159 e. The van der Waals surface area contributed by atoms with E-state index in [-0.39, 0.29) is 5.41 Å². The van der Waals surface area contributed by atoms with Gasteiger partial charge in [-0.2, -0.15) is 0 Å². The number of rotatable bonds is 4. The van der Waals surface area contributed by atoms with E-state index in [0.29, 0.717) is 0 Å². The lowest BCUT2D eigenvalue weighted by molar-refractivity contribution is 0.660. The molecule has 11 rings (SSSR count). The smallest absolute Gasteiger partial charge is 0.0159 e. The van der Waals surface area contributed by atoms with Crippen molar-refractivity contribution in [3.05, 3.63) is 205 Å². The van der Waals surface area contributed by atoms with Gasteiger partial charge in [0.15, 0.2) is 0 Å². The van der Waals surface area contributed by atoms with E-state index in [1.165, 1.54) is 110 Å². The molecule has 0 heterocycles. The van der Waals surface area contributed by atoms with Crippen molar-refractivity contribution in [3.8, 4) is 55.6 Å². The van der Waals surface area contributed by atoms with Gasteiger partial charge in [-0.1, -0.05) is 190 Å². The molecule has 55 heavy (non-hydrogen) atoms. The number of hydrogen-bond acceptors (Lipinski definition) is 0. The first-order chi connectivity index (χ1) is 27.0. The second-order valence-electron chi connectivity index (χ2n) is 15.6. The Morgan fingerprint density at radius 1 is 0.273 bits per heavy atom. The summed E-state index contributed by atoms with van der Waals surface area (Å²) in [5.74, 6) is 0. The minimum absolute atomic E-state index is 0.0757. The van der Waals surface area contributed by atoms with Crippen LogP contribution in [-0.2, 0) is 5.41 Å². The minimum Gasteiger partial charge on any atom is -0.0619 e.